The van der Waals surface area contributed by atoms with Gasteiger partial charge in [-0.05, 0) is 19.8 Å². The number of aliphatic hydroxyl groups is 1. The topological polar surface area (TPSA) is 29.5 Å². The molecule has 0 amide bonds. The van der Waals surface area contributed by atoms with Crippen LogP contribution in [-0.4, -0.2) is 23.9 Å². The van der Waals surface area contributed by atoms with Crippen LogP contribution in [0.5, 0.6) is 0 Å². The zero-order chi connectivity index (χ0) is 9.14. The first-order valence-corrected chi connectivity index (χ1v) is 4.62. The van der Waals surface area contributed by atoms with Gasteiger partial charge >= 0.3 is 0 Å². The first kappa shape index (κ1) is 9.75. The average Bonchev–Trinajstić information content (AvgIpc) is 2.49. The smallest absolute Gasteiger partial charge is 0.0798 e. The fourth-order valence-corrected chi connectivity index (χ4v) is 1.81. The van der Waals surface area contributed by atoms with Gasteiger partial charge in [0.25, 0.3) is 0 Å². The molecule has 1 fully saturated rings. The monoisotopic (exact) mass is 170 g/mol. The predicted octanol–water partition coefficient (Wildman–Crippen LogP) is 1.74. The maximum absolute atomic E-state index is 9.75. The quantitative estimate of drug-likeness (QED) is 0.654. The van der Waals surface area contributed by atoms with E-state index in [1.807, 2.05) is 6.92 Å². The summed E-state index contributed by atoms with van der Waals surface area (Å²) in [5, 5.41) is 9.75. The number of hydrogen-bond donors (Lipinski definition) is 1. The highest BCUT2D eigenvalue weighted by Crippen LogP contribution is 2.28. The minimum atomic E-state index is -0.377. The van der Waals surface area contributed by atoms with Crippen molar-refractivity contribution in [3.8, 4) is 0 Å². The van der Waals surface area contributed by atoms with Gasteiger partial charge in [0.1, 0.15) is 0 Å². The highest BCUT2D eigenvalue weighted by Gasteiger charge is 2.32. The Hall–Kier alpha value is -0.340. The molecule has 3 atom stereocenters. The van der Waals surface area contributed by atoms with Crippen LogP contribution >= 0.6 is 0 Å². The van der Waals surface area contributed by atoms with Gasteiger partial charge in [-0.2, -0.15) is 0 Å². The summed E-state index contributed by atoms with van der Waals surface area (Å²) in [7, 11) is 0. The summed E-state index contributed by atoms with van der Waals surface area (Å²) in [6.07, 6.45) is 1.80. The molecular weight excluding hydrogens is 152 g/mol. The Balaban J connectivity index is 2.55. The van der Waals surface area contributed by atoms with Crippen LogP contribution in [0.15, 0.2) is 12.2 Å². The minimum Gasteiger partial charge on any atom is -0.388 e. The van der Waals surface area contributed by atoms with E-state index in [0.717, 1.165) is 25.0 Å². The second-order valence-electron chi connectivity index (χ2n) is 3.56. The van der Waals surface area contributed by atoms with Crippen LogP contribution in [0.4, 0.5) is 0 Å². The van der Waals surface area contributed by atoms with Crippen molar-refractivity contribution in [1.29, 1.82) is 0 Å². The maximum Gasteiger partial charge on any atom is 0.0798 e. The Kier molecular flexibility index (Phi) is 3.29. The first-order chi connectivity index (χ1) is 5.66. The van der Waals surface area contributed by atoms with Crippen LogP contribution in [0.25, 0.3) is 0 Å². The summed E-state index contributed by atoms with van der Waals surface area (Å²) in [4.78, 5) is 0. The molecule has 0 saturated carbocycles. The van der Waals surface area contributed by atoms with Crippen LogP contribution in [0.3, 0.4) is 0 Å². The SMILES string of the molecule is C=C(C)C(O)C1CCOC1CC. The maximum atomic E-state index is 9.75. The van der Waals surface area contributed by atoms with Crippen LogP contribution in [0.1, 0.15) is 26.7 Å². The minimum absolute atomic E-state index is 0.233. The molecule has 3 unspecified atom stereocenters. The van der Waals surface area contributed by atoms with E-state index in [2.05, 4.69) is 13.5 Å². The van der Waals surface area contributed by atoms with Crippen molar-refractivity contribution in [2.24, 2.45) is 5.92 Å². The van der Waals surface area contributed by atoms with Crippen LogP contribution in [0, 0.1) is 5.92 Å². The third-order valence-corrected chi connectivity index (χ3v) is 2.57. The molecule has 2 heteroatoms. The molecule has 0 aromatic carbocycles. The molecule has 70 valence electrons. The summed E-state index contributed by atoms with van der Waals surface area (Å²) in [5.74, 6) is 0.271. The third kappa shape index (κ3) is 1.87. The normalized spacial score (nSPS) is 31.9. The Morgan fingerprint density at radius 2 is 2.42 bits per heavy atom. The molecule has 0 aromatic heterocycles. The van der Waals surface area contributed by atoms with Crippen molar-refractivity contribution in [2.75, 3.05) is 6.61 Å². The summed E-state index contributed by atoms with van der Waals surface area (Å²) in [5.41, 5.74) is 0.851. The zero-order valence-corrected chi connectivity index (χ0v) is 7.92. The Bertz CT molecular complexity index is 165. The summed E-state index contributed by atoms with van der Waals surface area (Å²) >= 11 is 0. The van der Waals surface area contributed by atoms with E-state index in [1.165, 1.54) is 0 Å². The molecule has 1 rings (SSSR count). The van der Waals surface area contributed by atoms with Gasteiger partial charge in [0.15, 0.2) is 0 Å². The fourth-order valence-electron chi connectivity index (χ4n) is 1.81. The lowest BCUT2D eigenvalue weighted by Gasteiger charge is -2.22. The van der Waals surface area contributed by atoms with Gasteiger partial charge in [-0.3, -0.25) is 0 Å². The predicted molar refractivity (Wildman–Crippen MR) is 49.0 cm³/mol. The first-order valence-electron chi connectivity index (χ1n) is 4.62. The molecule has 12 heavy (non-hydrogen) atoms. The Morgan fingerprint density at radius 1 is 1.75 bits per heavy atom. The lowest BCUT2D eigenvalue weighted by molar-refractivity contribution is 0.0457. The molecule has 1 aliphatic rings. The highest BCUT2D eigenvalue weighted by molar-refractivity contribution is 5.02. The van der Waals surface area contributed by atoms with Gasteiger partial charge in [-0.15, -0.1) is 0 Å². The lowest BCUT2D eigenvalue weighted by atomic mass is 9.90. The Labute approximate surface area is 74.2 Å². The van der Waals surface area contributed by atoms with Crippen molar-refractivity contribution in [3.63, 3.8) is 0 Å². The van der Waals surface area contributed by atoms with Crippen LogP contribution in [-0.2, 0) is 4.74 Å². The summed E-state index contributed by atoms with van der Waals surface area (Å²) in [6.45, 7) is 8.51. The number of ether oxygens (including phenoxy) is 1. The summed E-state index contributed by atoms with van der Waals surface area (Å²) < 4.78 is 5.48. The molecule has 0 bridgehead atoms. The standard InChI is InChI=1S/C10H18O2/c1-4-9-8(5-6-12-9)10(11)7(2)3/h8-11H,2,4-6H2,1,3H3. The highest BCUT2D eigenvalue weighted by atomic mass is 16.5. The lowest BCUT2D eigenvalue weighted by Crippen LogP contribution is -2.28. The van der Waals surface area contributed by atoms with Gasteiger partial charge < -0.3 is 9.84 Å². The van der Waals surface area contributed by atoms with Gasteiger partial charge in [0.05, 0.1) is 12.2 Å². The van der Waals surface area contributed by atoms with Crippen molar-refractivity contribution in [3.05, 3.63) is 12.2 Å². The van der Waals surface area contributed by atoms with Crippen molar-refractivity contribution in [2.45, 2.75) is 38.9 Å². The van der Waals surface area contributed by atoms with Gasteiger partial charge in [0.2, 0.25) is 0 Å². The van der Waals surface area contributed by atoms with Crippen molar-refractivity contribution >= 4 is 0 Å². The Morgan fingerprint density at radius 3 is 2.92 bits per heavy atom. The molecule has 1 saturated heterocycles. The van der Waals surface area contributed by atoms with Crippen molar-refractivity contribution in [1.82, 2.24) is 0 Å². The van der Waals surface area contributed by atoms with E-state index in [-0.39, 0.29) is 18.1 Å². The fraction of sp³-hybridized carbons (Fsp3) is 0.800. The van der Waals surface area contributed by atoms with E-state index in [4.69, 9.17) is 4.74 Å². The number of rotatable bonds is 3. The number of hydrogen-bond acceptors (Lipinski definition) is 2. The second-order valence-corrected chi connectivity index (χ2v) is 3.56. The van der Waals surface area contributed by atoms with E-state index >= 15 is 0 Å². The largest absolute Gasteiger partial charge is 0.388 e. The van der Waals surface area contributed by atoms with Gasteiger partial charge in [-0.25, -0.2) is 0 Å². The van der Waals surface area contributed by atoms with Crippen molar-refractivity contribution < 1.29 is 9.84 Å². The molecule has 0 spiro atoms. The summed E-state index contributed by atoms with van der Waals surface area (Å²) in [6, 6.07) is 0. The molecular formula is C10H18O2. The number of aliphatic hydroxyl groups excluding tert-OH is 1. The molecule has 0 aromatic rings. The third-order valence-electron chi connectivity index (χ3n) is 2.57. The molecule has 0 radical (unpaired) electrons. The second kappa shape index (κ2) is 4.06. The molecule has 0 aliphatic carbocycles. The molecule has 1 aliphatic heterocycles. The van der Waals surface area contributed by atoms with E-state index in [9.17, 15) is 5.11 Å². The van der Waals surface area contributed by atoms with Crippen LogP contribution in [0.2, 0.25) is 0 Å². The van der Waals surface area contributed by atoms with E-state index < -0.39 is 0 Å². The van der Waals surface area contributed by atoms with E-state index in [0.29, 0.717) is 0 Å². The van der Waals surface area contributed by atoms with Crippen LogP contribution < -0.4 is 0 Å². The van der Waals surface area contributed by atoms with Gasteiger partial charge in [-0.1, -0.05) is 19.1 Å². The van der Waals surface area contributed by atoms with E-state index in [1.54, 1.807) is 0 Å². The average molecular weight is 170 g/mol. The van der Waals surface area contributed by atoms with Gasteiger partial charge in [0, 0.05) is 12.5 Å². The zero-order valence-electron chi connectivity index (χ0n) is 7.92. The molecule has 1 N–H and O–H groups in total. The molecule has 1 heterocycles. The molecule has 2 nitrogen and oxygen atoms in total.